The van der Waals surface area contributed by atoms with Gasteiger partial charge in [0.25, 0.3) is 0 Å². The fourth-order valence-electron chi connectivity index (χ4n) is 1.55. The number of thiazole rings is 1. The summed E-state index contributed by atoms with van der Waals surface area (Å²) in [5.74, 6) is -0.870. The average Bonchev–Trinajstić information content (AvgIpc) is 2.72. The van der Waals surface area contributed by atoms with Crippen molar-refractivity contribution in [1.29, 1.82) is 0 Å². The van der Waals surface area contributed by atoms with Crippen molar-refractivity contribution in [3.8, 4) is 0 Å². The zero-order valence-corrected chi connectivity index (χ0v) is 12.6. The van der Waals surface area contributed by atoms with E-state index < -0.39 is 5.97 Å². The summed E-state index contributed by atoms with van der Waals surface area (Å²) in [6.07, 6.45) is 2.61. The molecule has 0 fully saturated rings. The fraction of sp³-hybridized carbons (Fsp3) is 0.692. The first-order valence-electron chi connectivity index (χ1n) is 6.30. The molecule has 4 nitrogen and oxygen atoms in total. The van der Waals surface area contributed by atoms with Crippen molar-refractivity contribution >= 4 is 22.4 Å². The summed E-state index contributed by atoms with van der Waals surface area (Å²) in [5, 5.41) is 9.99. The second-order valence-corrected chi connectivity index (χ2v) is 6.03. The van der Waals surface area contributed by atoms with Gasteiger partial charge in [-0.2, -0.15) is 0 Å². The van der Waals surface area contributed by atoms with Crippen molar-refractivity contribution in [2.24, 2.45) is 0 Å². The highest BCUT2D eigenvalue weighted by Gasteiger charge is 2.26. The van der Waals surface area contributed by atoms with Gasteiger partial charge in [-0.05, 0) is 26.7 Å². The molecule has 1 aromatic rings. The van der Waals surface area contributed by atoms with Gasteiger partial charge in [0.1, 0.15) is 4.88 Å². The highest BCUT2D eigenvalue weighted by Crippen LogP contribution is 2.31. The van der Waals surface area contributed by atoms with Crippen molar-refractivity contribution in [2.45, 2.75) is 52.5 Å². The topological polar surface area (TPSA) is 53.4 Å². The number of carboxylic acid groups (broad SMARTS) is 1. The van der Waals surface area contributed by atoms with Gasteiger partial charge in [0, 0.05) is 12.6 Å². The van der Waals surface area contributed by atoms with Gasteiger partial charge in [-0.25, -0.2) is 9.78 Å². The molecule has 0 saturated heterocycles. The van der Waals surface area contributed by atoms with Crippen LogP contribution in [0.25, 0.3) is 0 Å². The minimum Gasteiger partial charge on any atom is -0.477 e. The summed E-state index contributed by atoms with van der Waals surface area (Å²) in [4.78, 5) is 18.2. The highest BCUT2D eigenvalue weighted by atomic mass is 32.1. The Morgan fingerprint density at radius 2 is 2.06 bits per heavy atom. The van der Waals surface area contributed by atoms with E-state index in [0.29, 0.717) is 10.6 Å². The van der Waals surface area contributed by atoms with Crippen LogP contribution in [0.5, 0.6) is 0 Å². The van der Waals surface area contributed by atoms with E-state index in [1.165, 1.54) is 11.3 Å². The molecule has 18 heavy (non-hydrogen) atoms. The lowest BCUT2D eigenvalue weighted by molar-refractivity contribution is 0.0700. The summed E-state index contributed by atoms with van der Waals surface area (Å²) in [7, 11) is 1.98. The minimum absolute atomic E-state index is 0.0168. The molecule has 5 heteroatoms. The van der Waals surface area contributed by atoms with Crippen LogP contribution in [0, 0.1) is 0 Å². The number of rotatable bonds is 6. The van der Waals surface area contributed by atoms with E-state index in [-0.39, 0.29) is 5.54 Å². The maximum absolute atomic E-state index is 11.2. The summed E-state index contributed by atoms with van der Waals surface area (Å²) in [6, 6.07) is 0. The molecule has 0 aliphatic rings. The molecule has 0 bridgehead atoms. The quantitative estimate of drug-likeness (QED) is 0.860. The lowest BCUT2D eigenvalue weighted by Crippen LogP contribution is -2.40. The molecule has 102 valence electrons. The van der Waals surface area contributed by atoms with E-state index in [4.69, 9.17) is 0 Å². The molecule has 0 spiro atoms. The SMILES string of the molecule is CCCc1nc(N(C)C(C)(C)CC)sc1C(=O)O. The Kier molecular flexibility index (Phi) is 4.73. The van der Waals surface area contributed by atoms with Crippen LogP contribution < -0.4 is 4.90 Å². The Morgan fingerprint density at radius 3 is 2.50 bits per heavy atom. The maximum Gasteiger partial charge on any atom is 0.347 e. The van der Waals surface area contributed by atoms with Crippen LogP contribution in [0.15, 0.2) is 0 Å². The Labute approximate surface area is 113 Å². The van der Waals surface area contributed by atoms with E-state index in [1.54, 1.807) is 0 Å². The predicted molar refractivity (Wildman–Crippen MR) is 75.8 cm³/mol. The molecule has 0 amide bonds. The molecule has 0 aromatic carbocycles. The zero-order valence-electron chi connectivity index (χ0n) is 11.8. The lowest BCUT2D eigenvalue weighted by atomic mass is 10.0. The Balaban J connectivity index is 3.11. The first-order valence-corrected chi connectivity index (χ1v) is 7.12. The third kappa shape index (κ3) is 3.02. The minimum atomic E-state index is -0.870. The predicted octanol–water partition coefficient (Wildman–Crippen LogP) is 3.42. The molecular formula is C13H22N2O2S. The molecule has 1 rings (SSSR count). The van der Waals surface area contributed by atoms with Gasteiger partial charge < -0.3 is 10.0 Å². The van der Waals surface area contributed by atoms with Crippen LogP contribution in [0.4, 0.5) is 5.13 Å². The van der Waals surface area contributed by atoms with Gasteiger partial charge in [0.05, 0.1) is 5.69 Å². The summed E-state index contributed by atoms with van der Waals surface area (Å²) >= 11 is 1.27. The van der Waals surface area contributed by atoms with Gasteiger partial charge in [-0.3, -0.25) is 0 Å². The van der Waals surface area contributed by atoms with Gasteiger partial charge in [0.15, 0.2) is 5.13 Å². The summed E-state index contributed by atoms with van der Waals surface area (Å²) in [6.45, 7) is 8.42. The number of carbonyl (C=O) groups is 1. The zero-order chi connectivity index (χ0) is 13.9. The molecule has 0 aliphatic carbocycles. The molecular weight excluding hydrogens is 248 g/mol. The van der Waals surface area contributed by atoms with E-state index in [1.807, 2.05) is 14.0 Å². The van der Waals surface area contributed by atoms with Crippen LogP contribution >= 0.6 is 11.3 Å². The van der Waals surface area contributed by atoms with Crippen LogP contribution in [0.3, 0.4) is 0 Å². The van der Waals surface area contributed by atoms with Crippen LogP contribution in [0.1, 0.15) is 55.9 Å². The summed E-state index contributed by atoms with van der Waals surface area (Å²) < 4.78 is 0. The summed E-state index contributed by atoms with van der Waals surface area (Å²) in [5.41, 5.74) is 0.695. The molecule has 0 unspecified atom stereocenters. The van der Waals surface area contributed by atoms with Gasteiger partial charge >= 0.3 is 5.97 Å². The second-order valence-electron chi connectivity index (χ2n) is 5.05. The van der Waals surface area contributed by atoms with E-state index in [2.05, 4.69) is 30.7 Å². The molecule has 1 aromatic heterocycles. The number of aromatic carboxylic acids is 1. The number of aromatic nitrogens is 1. The number of aryl methyl sites for hydroxylation is 1. The van der Waals surface area contributed by atoms with E-state index in [0.717, 1.165) is 24.4 Å². The second kappa shape index (κ2) is 5.69. The van der Waals surface area contributed by atoms with Crippen molar-refractivity contribution in [3.63, 3.8) is 0 Å². The van der Waals surface area contributed by atoms with Crippen molar-refractivity contribution < 1.29 is 9.90 Å². The number of nitrogens with zero attached hydrogens (tertiary/aromatic N) is 2. The number of carboxylic acids is 1. The standard InChI is InChI=1S/C13H22N2O2S/c1-6-8-9-10(11(16)17)18-12(14-9)15(5)13(3,4)7-2/h6-8H2,1-5H3,(H,16,17). The van der Waals surface area contributed by atoms with Crippen molar-refractivity contribution in [1.82, 2.24) is 4.98 Å². The third-order valence-corrected chi connectivity index (χ3v) is 4.59. The third-order valence-electron chi connectivity index (χ3n) is 3.43. The van der Waals surface area contributed by atoms with E-state index in [9.17, 15) is 9.90 Å². The van der Waals surface area contributed by atoms with Crippen LogP contribution in [-0.2, 0) is 6.42 Å². The largest absolute Gasteiger partial charge is 0.477 e. The molecule has 0 saturated carbocycles. The number of anilines is 1. The molecule has 1 N–H and O–H groups in total. The Hall–Kier alpha value is -1.10. The van der Waals surface area contributed by atoms with Gasteiger partial charge in [-0.1, -0.05) is 31.6 Å². The fourth-order valence-corrected chi connectivity index (χ4v) is 2.63. The van der Waals surface area contributed by atoms with E-state index >= 15 is 0 Å². The average molecular weight is 270 g/mol. The first-order chi connectivity index (χ1) is 8.33. The monoisotopic (exact) mass is 270 g/mol. The Morgan fingerprint density at radius 1 is 1.44 bits per heavy atom. The normalized spacial score (nSPS) is 11.6. The molecule has 0 atom stereocenters. The van der Waals surface area contributed by atoms with Crippen LogP contribution in [-0.4, -0.2) is 28.6 Å². The Bertz CT molecular complexity index is 427. The smallest absolute Gasteiger partial charge is 0.347 e. The molecule has 0 radical (unpaired) electrons. The first kappa shape index (κ1) is 15.0. The van der Waals surface area contributed by atoms with Gasteiger partial charge in [0.2, 0.25) is 0 Å². The lowest BCUT2D eigenvalue weighted by Gasteiger charge is -2.34. The maximum atomic E-state index is 11.2. The van der Waals surface area contributed by atoms with Crippen molar-refractivity contribution in [3.05, 3.63) is 10.6 Å². The number of hydrogen-bond donors (Lipinski definition) is 1. The van der Waals surface area contributed by atoms with Crippen molar-refractivity contribution in [2.75, 3.05) is 11.9 Å². The van der Waals surface area contributed by atoms with Crippen LogP contribution in [0.2, 0.25) is 0 Å². The molecule has 0 aliphatic heterocycles. The highest BCUT2D eigenvalue weighted by molar-refractivity contribution is 7.17. The van der Waals surface area contributed by atoms with Gasteiger partial charge in [-0.15, -0.1) is 0 Å². The molecule has 1 heterocycles. The number of hydrogen-bond acceptors (Lipinski definition) is 4.